The minimum absolute atomic E-state index is 0.000244. The lowest BCUT2D eigenvalue weighted by Gasteiger charge is -2.20. The molecule has 35 heavy (non-hydrogen) atoms. The van der Waals surface area contributed by atoms with Gasteiger partial charge in [0.25, 0.3) is 5.91 Å². The molecule has 1 aromatic carbocycles. The van der Waals surface area contributed by atoms with Crippen molar-refractivity contribution in [2.24, 2.45) is 5.92 Å². The van der Waals surface area contributed by atoms with Gasteiger partial charge in [0.2, 0.25) is 5.95 Å². The van der Waals surface area contributed by atoms with Crippen LogP contribution in [0.5, 0.6) is 0 Å². The monoisotopic (exact) mass is 479 g/mol. The van der Waals surface area contributed by atoms with E-state index in [2.05, 4.69) is 25.3 Å². The number of carboxylic acid groups (broad SMARTS) is 2. The summed E-state index contributed by atoms with van der Waals surface area (Å²) in [5, 5.41) is 29.4. The first-order valence-electron chi connectivity index (χ1n) is 10.1. The molecule has 2 atom stereocenters. The molecular weight excluding hydrogens is 458 g/mol. The van der Waals surface area contributed by atoms with Crippen LogP contribution in [-0.4, -0.2) is 61.1 Å². The van der Waals surface area contributed by atoms with Gasteiger partial charge < -0.3 is 31.9 Å². The lowest BCUT2D eigenvalue weighted by Crippen LogP contribution is -2.42. The summed E-state index contributed by atoms with van der Waals surface area (Å²) >= 11 is 0. The summed E-state index contributed by atoms with van der Waals surface area (Å²) in [5.74, 6) is -5.07. The van der Waals surface area contributed by atoms with Gasteiger partial charge in [0.05, 0.1) is 24.5 Å². The Bertz CT molecular complexity index is 1320. The van der Waals surface area contributed by atoms with Gasteiger partial charge in [-0.25, -0.2) is 14.8 Å². The highest BCUT2D eigenvalue weighted by atomic mass is 16.4. The number of carboxylic acids is 2. The topological polar surface area (TPSA) is 234 Å². The number of anilines is 3. The molecule has 0 aliphatic carbocycles. The second-order valence-electron chi connectivity index (χ2n) is 7.52. The number of aromatic nitrogens is 4. The number of hydrogen-bond donors (Lipinski definition) is 5. The maximum Gasteiger partial charge on any atom is 0.326 e. The van der Waals surface area contributed by atoms with Crippen LogP contribution in [0.1, 0.15) is 22.5 Å². The minimum Gasteiger partial charge on any atom is -0.480 e. The van der Waals surface area contributed by atoms with Crippen LogP contribution < -0.4 is 21.7 Å². The molecule has 14 nitrogen and oxygen atoms in total. The molecule has 180 valence electrons. The van der Waals surface area contributed by atoms with E-state index in [4.69, 9.17) is 21.8 Å². The van der Waals surface area contributed by atoms with Crippen LogP contribution in [0.2, 0.25) is 0 Å². The zero-order valence-electron chi connectivity index (χ0n) is 18.4. The van der Waals surface area contributed by atoms with E-state index in [9.17, 15) is 19.5 Å². The molecule has 3 aromatic rings. The first-order chi connectivity index (χ1) is 16.6. The van der Waals surface area contributed by atoms with Crippen molar-refractivity contribution in [1.82, 2.24) is 25.3 Å². The van der Waals surface area contributed by atoms with Crippen molar-refractivity contribution < 1.29 is 24.6 Å². The average Bonchev–Trinajstić information content (AvgIpc) is 2.81. The third-order valence-electron chi connectivity index (χ3n) is 5.00. The SMILES string of the molecule is CN(Cc1cnc2nc(N)nc(N)c2n1)c1ccc(C(=O)N[C@@H](CC(C#N)C(=O)O)C(=O)O)cc1. The van der Waals surface area contributed by atoms with Crippen molar-refractivity contribution in [1.29, 1.82) is 5.26 Å². The van der Waals surface area contributed by atoms with Gasteiger partial charge in [0.15, 0.2) is 17.0 Å². The second kappa shape index (κ2) is 10.3. The Kier molecular flexibility index (Phi) is 7.20. The predicted molar refractivity (Wildman–Crippen MR) is 123 cm³/mol. The number of nitrogens with two attached hydrogens (primary N) is 2. The molecule has 1 unspecified atom stereocenters. The first-order valence-corrected chi connectivity index (χ1v) is 10.1. The Morgan fingerprint density at radius 2 is 1.80 bits per heavy atom. The molecule has 0 bridgehead atoms. The number of nitrogen functional groups attached to an aromatic ring is 2. The summed E-state index contributed by atoms with van der Waals surface area (Å²) in [6.07, 6.45) is 0.965. The van der Waals surface area contributed by atoms with E-state index in [1.807, 2.05) is 4.90 Å². The van der Waals surface area contributed by atoms with Crippen molar-refractivity contribution in [3.63, 3.8) is 0 Å². The number of carbonyl (C=O) groups is 3. The smallest absolute Gasteiger partial charge is 0.326 e. The van der Waals surface area contributed by atoms with Crippen LogP contribution in [0.3, 0.4) is 0 Å². The molecular formula is C21H21N9O5. The highest BCUT2D eigenvalue weighted by molar-refractivity contribution is 5.97. The van der Waals surface area contributed by atoms with Crippen LogP contribution in [0.25, 0.3) is 11.2 Å². The summed E-state index contributed by atoms with van der Waals surface area (Å²) in [4.78, 5) is 53.2. The number of aliphatic carboxylic acids is 2. The van der Waals surface area contributed by atoms with Crippen LogP contribution in [0.4, 0.5) is 17.5 Å². The van der Waals surface area contributed by atoms with Gasteiger partial charge in [-0.15, -0.1) is 0 Å². The van der Waals surface area contributed by atoms with Gasteiger partial charge in [0.1, 0.15) is 12.0 Å². The maximum absolute atomic E-state index is 12.5. The number of nitrogens with one attached hydrogen (secondary N) is 1. The maximum atomic E-state index is 12.5. The molecule has 14 heteroatoms. The third kappa shape index (κ3) is 5.85. The number of fused-ring (bicyclic) bond motifs is 1. The number of carbonyl (C=O) groups excluding carboxylic acids is 1. The molecule has 0 aliphatic heterocycles. The largest absolute Gasteiger partial charge is 0.480 e. The second-order valence-corrected chi connectivity index (χ2v) is 7.52. The molecule has 2 aromatic heterocycles. The molecule has 0 aliphatic rings. The molecule has 1 amide bonds. The molecule has 3 rings (SSSR count). The van der Waals surface area contributed by atoms with E-state index in [-0.39, 0.29) is 23.0 Å². The van der Waals surface area contributed by atoms with Gasteiger partial charge in [-0.1, -0.05) is 0 Å². The number of benzene rings is 1. The number of nitriles is 1. The van der Waals surface area contributed by atoms with E-state index in [1.54, 1.807) is 19.2 Å². The Hall–Kier alpha value is -5.06. The van der Waals surface area contributed by atoms with Crippen molar-refractivity contribution in [3.05, 3.63) is 41.7 Å². The van der Waals surface area contributed by atoms with Crippen LogP contribution in [0, 0.1) is 17.2 Å². The van der Waals surface area contributed by atoms with E-state index < -0.39 is 36.2 Å². The summed E-state index contributed by atoms with van der Waals surface area (Å²) in [6.45, 7) is 0.337. The molecule has 0 saturated carbocycles. The van der Waals surface area contributed by atoms with E-state index in [0.717, 1.165) is 5.69 Å². The Balaban J connectivity index is 1.69. The molecule has 0 radical (unpaired) electrons. The third-order valence-corrected chi connectivity index (χ3v) is 5.00. The van der Waals surface area contributed by atoms with Gasteiger partial charge in [-0.3, -0.25) is 9.59 Å². The number of hydrogen-bond acceptors (Lipinski definition) is 11. The van der Waals surface area contributed by atoms with E-state index >= 15 is 0 Å². The van der Waals surface area contributed by atoms with Crippen LogP contribution in [-0.2, 0) is 16.1 Å². The minimum atomic E-state index is -1.56. The quantitative estimate of drug-likeness (QED) is 0.272. The fraction of sp³-hybridized carbons (Fsp3) is 0.238. The Morgan fingerprint density at radius 3 is 2.40 bits per heavy atom. The molecule has 0 fully saturated rings. The fourth-order valence-corrected chi connectivity index (χ4v) is 3.17. The van der Waals surface area contributed by atoms with Crippen molar-refractivity contribution in [3.8, 4) is 6.07 Å². The standard InChI is InChI=1S/C21H21N9O5/c1-30(9-12-8-25-17-15(26-12)16(23)28-21(24)29-17)13-4-2-10(3-5-13)18(31)27-14(20(34)35)6-11(7-22)19(32)33/h2-5,8,11,14H,6,9H2,1H3,(H,27,31)(H,32,33)(H,34,35)(H4,23,24,25,28,29)/t11?,14-/m0/s1. The van der Waals surface area contributed by atoms with Crippen molar-refractivity contribution in [2.75, 3.05) is 23.4 Å². The highest BCUT2D eigenvalue weighted by Gasteiger charge is 2.28. The van der Waals surface area contributed by atoms with E-state index in [1.165, 1.54) is 24.4 Å². The molecule has 0 saturated heterocycles. The fourth-order valence-electron chi connectivity index (χ4n) is 3.17. The Morgan fingerprint density at radius 1 is 1.11 bits per heavy atom. The van der Waals surface area contributed by atoms with Crippen molar-refractivity contribution >= 4 is 46.5 Å². The van der Waals surface area contributed by atoms with Gasteiger partial charge >= 0.3 is 11.9 Å². The molecule has 0 spiro atoms. The van der Waals surface area contributed by atoms with Gasteiger partial charge in [-0.05, 0) is 24.3 Å². The number of rotatable bonds is 9. The van der Waals surface area contributed by atoms with Crippen molar-refractivity contribution in [2.45, 2.75) is 19.0 Å². The summed E-state index contributed by atoms with van der Waals surface area (Å²) in [5.41, 5.74) is 13.5. The zero-order chi connectivity index (χ0) is 25.7. The predicted octanol–water partition coefficient (Wildman–Crippen LogP) is 0.0181. The summed E-state index contributed by atoms with van der Waals surface area (Å²) in [6, 6.07) is 6.23. The Labute approximate surface area is 198 Å². The average molecular weight is 479 g/mol. The number of nitrogens with zero attached hydrogens (tertiary/aromatic N) is 6. The van der Waals surface area contributed by atoms with Crippen LogP contribution in [0.15, 0.2) is 30.5 Å². The van der Waals surface area contributed by atoms with E-state index in [0.29, 0.717) is 17.8 Å². The highest BCUT2D eigenvalue weighted by Crippen LogP contribution is 2.19. The first kappa shape index (κ1) is 24.6. The summed E-state index contributed by atoms with van der Waals surface area (Å²) < 4.78 is 0. The van der Waals surface area contributed by atoms with Crippen LogP contribution >= 0.6 is 0 Å². The lowest BCUT2D eigenvalue weighted by molar-refractivity contribution is -0.142. The normalized spacial score (nSPS) is 12.3. The van der Waals surface area contributed by atoms with Gasteiger partial charge in [0, 0.05) is 24.7 Å². The zero-order valence-corrected chi connectivity index (χ0v) is 18.4. The molecule has 2 heterocycles. The molecule has 7 N–H and O–H groups in total. The lowest BCUT2D eigenvalue weighted by atomic mass is 10.0. The summed E-state index contributed by atoms with van der Waals surface area (Å²) in [7, 11) is 1.79. The van der Waals surface area contributed by atoms with Gasteiger partial charge in [-0.2, -0.15) is 15.2 Å². The number of amides is 1.